The molecule has 1 aromatic carbocycles. The Morgan fingerprint density at radius 2 is 2.09 bits per heavy atom. The first-order chi connectivity index (χ1) is 15.6. The summed E-state index contributed by atoms with van der Waals surface area (Å²) in [6, 6.07) is 13.7. The number of benzene rings is 1. The van der Waals surface area contributed by atoms with Gasteiger partial charge < -0.3 is 18.9 Å². The van der Waals surface area contributed by atoms with Gasteiger partial charge >= 0.3 is 0 Å². The van der Waals surface area contributed by atoms with Crippen molar-refractivity contribution >= 4 is 5.91 Å². The minimum Gasteiger partial charge on any atom is -0.493 e. The van der Waals surface area contributed by atoms with E-state index in [4.69, 9.17) is 14.0 Å². The van der Waals surface area contributed by atoms with Crippen molar-refractivity contribution in [2.45, 2.75) is 39.8 Å². The molecule has 7 heteroatoms. The zero-order valence-electron chi connectivity index (χ0n) is 18.6. The van der Waals surface area contributed by atoms with Gasteiger partial charge in [0.2, 0.25) is 5.91 Å². The maximum absolute atomic E-state index is 13.3. The van der Waals surface area contributed by atoms with Crippen molar-refractivity contribution in [2.75, 3.05) is 19.8 Å². The van der Waals surface area contributed by atoms with Gasteiger partial charge in [0.05, 0.1) is 37.6 Å². The molecule has 1 fully saturated rings. The van der Waals surface area contributed by atoms with Crippen LogP contribution < -0.4 is 4.74 Å². The topological polar surface area (TPSA) is 77.7 Å². The van der Waals surface area contributed by atoms with Gasteiger partial charge in [0.1, 0.15) is 11.5 Å². The Morgan fingerprint density at radius 3 is 2.81 bits per heavy atom. The molecule has 0 saturated carbocycles. The van der Waals surface area contributed by atoms with Crippen LogP contribution in [0.2, 0.25) is 0 Å². The van der Waals surface area contributed by atoms with Crippen LogP contribution in [0.25, 0.3) is 0 Å². The minimum absolute atomic E-state index is 0.000483. The number of hydrogen-bond acceptors (Lipinski definition) is 6. The third-order valence-electron chi connectivity index (χ3n) is 5.72. The molecule has 0 radical (unpaired) electrons. The summed E-state index contributed by atoms with van der Waals surface area (Å²) in [6.45, 7) is 6.79. The predicted molar refractivity (Wildman–Crippen MR) is 119 cm³/mol. The summed E-state index contributed by atoms with van der Waals surface area (Å²) in [6.07, 6.45) is 3.02. The third kappa shape index (κ3) is 5.73. The summed E-state index contributed by atoms with van der Waals surface area (Å²) < 4.78 is 16.7. The SMILES string of the molecule is Cc1noc(C)c1CC(=O)N(Cc1cccc(OC[C@H]2CCOC2)c1)Cc1ccccn1. The standard InChI is InChI=1S/C25H29N3O4/c1-18-24(19(2)32-27-18)13-25(29)28(15-22-7-3-4-10-26-22)14-20-6-5-8-23(12-20)31-17-21-9-11-30-16-21/h3-8,10,12,21H,9,11,13-17H2,1-2H3/t21-/m0/s1. The first kappa shape index (κ1) is 22.0. The van der Waals surface area contributed by atoms with Gasteiger partial charge in [0.25, 0.3) is 0 Å². The van der Waals surface area contributed by atoms with Crippen molar-refractivity contribution in [2.24, 2.45) is 5.92 Å². The van der Waals surface area contributed by atoms with Gasteiger partial charge in [0.15, 0.2) is 0 Å². The van der Waals surface area contributed by atoms with E-state index >= 15 is 0 Å². The molecular formula is C25H29N3O4. The van der Waals surface area contributed by atoms with Gasteiger partial charge in [0, 0.05) is 30.8 Å². The number of rotatable bonds is 9. The van der Waals surface area contributed by atoms with Gasteiger partial charge in [-0.25, -0.2) is 0 Å². The molecule has 0 bridgehead atoms. The largest absolute Gasteiger partial charge is 0.493 e. The average Bonchev–Trinajstić information content (AvgIpc) is 3.44. The first-order valence-electron chi connectivity index (χ1n) is 11.0. The molecule has 0 unspecified atom stereocenters. The quantitative estimate of drug-likeness (QED) is 0.508. The molecule has 32 heavy (non-hydrogen) atoms. The molecule has 0 spiro atoms. The molecule has 1 aliphatic rings. The van der Waals surface area contributed by atoms with E-state index in [0.29, 0.717) is 31.4 Å². The molecule has 3 heterocycles. The summed E-state index contributed by atoms with van der Waals surface area (Å²) in [5, 5.41) is 3.98. The van der Waals surface area contributed by atoms with Crippen LogP contribution in [-0.4, -0.2) is 40.8 Å². The van der Waals surface area contributed by atoms with Crippen molar-refractivity contribution in [3.05, 3.63) is 76.9 Å². The van der Waals surface area contributed by atoms with E-state index in [1.165, 1.54) is 0 Å². The van der Waals surface area contributed by atoms with Crippen molar-refractivity contribution in [3.63, 3.8) is 0 Å². The fourth-order valence-corrected chi connectivity index (χ4v) is 3.82. The zero-order valence-corrected chi connectivity index (χ0v) is 18.6. The highest BCUT2D eigenvalue weighted by Gasteiger charge is 2.21. The number of ether oxygens (including phenoxy) is 2. The summed E-state index contributed by atoms with van der Waals surface area (Å²) in [5.41, 5.74) is 3.44. The van der Waals surface area contributed by atoms with E-state index in [0.717, 1.165) is 47.9 Å². The van der Waals surface area contributed by atoms with Crippen LogP contribution in [0.4, 0.5) is 0 Å². The van der Waals surface area contributed by atoms with Gasteiger partial charge in [-0.1, -0.05) is 23.4 Å². The molecule has 7 nitrogen and oxygen atoms in total. The molecule has 168 valence electrons. The van der Waals surface area contributed by atoms with E-state index in [1.54, 1.807) is 6.20 Å². The number of pyridine rings is 1. The van der Waals surface area contributed by atoms with Crippen molar-refractivity contribution in [1.82, 2.24) is 15.0 Å². The van der Waals surface area contributed by atoms with Crippen LogP contribution in [0.3, 0.4) is 0 Å². The number of aromatic nitrogens is 2. The highest BCUT2D eigenvalue weighted by molar-refractivity contribution is 5.79. The highest BCUT2D eigenvalue weighted by Crippen LogP contribution is 2.21. The molecular weight excluding hydrogens is 406 g/mol. The van der Waals surface area contributed by atoms with Crippen LogP contribution in [-0.2, 0) is 29.0 Å². The number of hydrogen-bond donors (Lipinski definition) is 0. The van der Waals surface area contributed by atoms with Crippen LogP contribution in [0.5, 0.6) is 5.75 Å². The fourth-order valence-electron chi connectivity index (χ4n) is 3.82. The van der Waals surface area contributed by atoms with Gasteiger partial charge in [-0.05, 0) is 50.1 Å². The Hall–Kier alpha value is -3.19. The van der Waals surface area contributed by atoms with Crippen molar-refractivity contribution < 1.29 is 18.8 Å². The fraction of sp³-hybridized carbons (Fsp3) is 0.400. The second-order valence-corrected chi connectivity index (χ2v) is 8.24. The Balaban J connectivity index is 1.48. The Bertz CT molecular complexity index is 1010. The highest BCUT2D eigenvalue weighted by atomic mass is 16.5. The molecule has 1 amide bonds. The lowest BCUT2D eigenvalue weighted by molar-refractivity contribution is -0.131. The summed E-state index contributed by atoms with van der Waals surface area (Å²) in [5.74, 6) is 1.93. The number of carbonyl (C=O) groups is 1. The van der Waals surface area contributed by atoms with Crippen LogP contribution in [0, 0.1) is 19.8 Å². The molecule has 2 aromatic heterocycles. The number of aryl methyl sites for hydroxylation is 2. The second kappa shape index (κ2) is 10.4. The Morgan fingerprint density at radius 1 is 1.19 bits per heavy atom. The Labute approximate surface area is 188 Å². The van der Waals surface area contributed by atoms with Crippen molar-refractivity contribution in [3.8, 4) is 5.75 Å². The molecule has 4 rings (SSSR count). The van der Waals surface area contributed by atoms with Crippen LogP contribution >= 0.6 is 0 Å². The molecule has 1 aliphatic heterocycles. The van der Waals surface area contributed by atoms with E-state index in [-0.39, 0.29) is 12.3 Å². The molecule has 1 atom stereocenters. The van der Waals surface area contributed by atoms with Gasteiger partial charge in [-0.15, -0.1) is 0 Å². The summed E-state index contributed by atoms with van der Waals surface area (Å²) >= 11 is 0. The zero-order chi connectivity index (χ0) is 22.3. The molecule has 0 N–H and O–H groups in total. The van der Waals surface area contributed by atoms with Gasteiger partial charge in [-0.3, -0.25) is 9.78 Å². The lowest BCUT2D eigenvalue weighted by atomic mass is 10.1. The first-order valence-corrected chi connectivity index (χ1v) is 11.0. The lowest BCUT2D eigenvalue weighted by Gasteiger charge is -2.23. The number of nitrogens with zero attached hydrogens (tertiary/aromatic N) is 3. The lowest BCUT2D eigenvalue weighted by Crippen LogP contribution is -2.32. The van der Waals surface area contributed by atoms with Crippen LogP contribution in [0.1, 0.15) is 34.7 Å². The summed E-state index contributed by atoms with van der Waals surface area (Å²) in [4.78, 5) is 19.5. The predicted octanol–water partition coefficient (Wildman–Crippen LogP) is 3.87. The normalized spacial score (nSPS) is 15.6. The molecule has 1 saturated heterocycles. The average molecular weight is 436 g/mol. The molecule has 0 aliphatic carbocycles. The Kier molecular flexibility index (Phi) is 7.17. The maximum atomic E-state index is 13.3. The maximum Gasteiger partial charge on any atom is 0.227 e. The number of carbonyl (C=O) groups excluding carboxylic acids is 1. The van der Waals surface area contributed by atoms with E-state index < -0.39 is 0 Å². The number of amides is 1. The van der Waals surface area contributed by atoms with E-state index in [1.807, 2.05) is 61.2 Å². The summed E-state index contributed by atoms with van der Waals surface area (Å²) in [7, 11) is 0. The third-order valence-corrected chi connectivity index (χ3v) is 5.72. The van der Waals surface area contributed by atoms with Gasteiger partial charge in [-0.2, -0.15) is 0 Å². The van der Waals surface area contributed by atoms with E-state index in [2.05, 4.69) is 10.1 Å². The minimum atomic E-state index is -0.000483. The molecule has 3 aromatic rings. The second-order valence-electron chi connectivity index (χ2n) is 8.24. The van der Waals surface area contributed by atoms with Crippen molar-refractivity contribution in [1.29, 1.82) is 0 Å². The monoisotopic (exact) mass is 435 g/mol. The smallest absolute Gasteiger partial charge is 0.227 e. The van der Waals surface area contributed by atoms with Crippen LogP contribution in [0.15, 0.2) is 53.2 Å². The van der Waals surface area contributed by atoms with E-state index in [9.17, 15) is 4.79 Å².